The van der Waals surface area contributed by atoms with E-state index in [4.69, 9.17) is 20.9 Å². The summed E-state index contributed by atoms with van der Waals surface area (Å²) >= 11 is 0. The minimum Gasteiger partial charge on any atom is -0.480 e. The van der Waals surface area contributed by atoms with E-state index in [-0.39, 0.29) is 37.1 Å². The molecule has 1 saturated heterocycles. The monoisotopic (exact) mass is 302 g/mol. The number of hydrogen-bond acceptors (Lipinski definition) is 5. The molecule has 0 aromatic rings. The molecule has 1 atom stereocenters. The SMILES string of the molecule is Cl.Cl.NC(CCCCB(O)O)(C(=O)O)C1CNC1. The second-order valence-electron chi connectivity index (χ2n) is 4.43. The topological polar surface area (TPSA) is 116 Å². The third-order valence-corrected chi connectivity index (χ3v) is 3.21. The van der Waals surface area contributed by atoms with E-state index in [0.29, 0.717) is 32.4 Å². The van der Waals surface area contributed by atoms with Crippen LogP contribution in [0.5, 0.6) is 0 Å². The molecule has 0 aliphatic carbocycles. The van der Waals surface area contributed by atoms with Crippen LogP contribution in [0, 0.1) is 5.92 Å². The number of hydrogen-bond donors (Lipinski definition) is 5. The number of carboxylic acids is 1. The first kappa shape index (κ1) is 20.3. The minimum atomic E-state index is -1.32. The third kappa shape index (κ3) is 5.30. The highest BCUT2D eigenvalue weighted by atomic mass is 35.5. The molecule has 1 rings (SSSR count). The Balaban J connectivity index is 0. The molecular formula is C9H21BCl2N2O4. The molecule has 1 aliphatic heterocycles. The van der Waals surface area contributed by atoms with Gasteiger partial charge in [0.1, 0.15) is 5.54 Å². The quantitative estimate of drug-likeness (QED) is 0.319. The Morgan fingerprint density at radius 1 is 1.33 bits per heavy atom. The fourth-order valence-electron chi connectivity index (χ4n) is 1.88. The Morgan fingerprint density at radius 2 is 1.89 bits per heavy atom. The lowest BCUT2D eigenvalue weighted by Gasteiger charge is -2.40. The summed E-state index contributed by atoms with van der Waals surface area (Å²) in [5, 5.41) is 29.4. The molecule has 1 unspecified atom stereocenters. The summed E-state index contributed by atoms with van der Waals surface area (Å²) in [6.45, 7) is 1.29. The Hall–Kier alpha value is -0.0451. The van der Waals surface area contributed by atoms with Crippen LogP contribution in [0.2, 0.25) is 6.32 Å². The highest BCUT2D eigenvalue weighted by Gasteiger charge is 2.44. The summed E-state index contributed by atoms with van der Waals surface area (Å²) in [5.74, 6) is -0.993. The number of halogens is 2. The first-order valence-corrected chi connectivity index (χ1v) is 5.56. The van der Waals surface area contributed by atoms with Crippen molar-refractivity contribution in [3.8, 4) is 0 Å². The Bertz CT molecular complexity index is 257. The maximum Gasteiger partial charge on any atom is 0.451 e. The molecule has 0 aromatic carbocycles. The second-order valence-corrected chi connectivity index (χ2v) is 4.43. The van der Waals surface area contributed by atoms with Crippen molar-refractivity contribution in [1.82, 2.24) is 5.32 Å². The first-order chi connectivity index (χ1) is 7.47. The van der Waals surface area contributed by atoms with Crippen molar-refractivity contribution in [2.24, 2.45) is 11.7 Å². The van der Waals surface area contributed by atoms with Crippen LogP contribution < -0.4 is 11.1 Å². The van der Waals surface area contributed by atoms with Crippen LogP contribution in [-0.4, -0.2) is 46.9 Å². The van der Waals surface area contributed by atoms with Crippen molar-refractivity contribution in [3.63, 3.8) is 0 Å². The lowest BCUT2D eigenvalue weighted by atomic mass is 9.75. The maximum atomic E-state index is 11.1. The van der Waals surface area contributed by atoms with Gasteiger partial charge in [-0.15, -0.1) is 24.8 Å². The van der Waals surface area contributed by atoms with Crippen LogP contribution in [0.3, 0.4) is 0 Å². The highest BCUT2D eigenvalue weighted by Crippen LogP contribution is 2.25. The van der Waals surface area contributed by atoms with Crippen molar-refractivity contribution in [2.75, 3.05) is 13.1 Å². The van der Waals surface area contributed by atoms with Crippen molar-refractivity contribution in [1.29, 1.82) is 0 Å². The summed E-state index contributed by atoms with van der Waals surface area (Å²) in [4.78, 5) is 11.1. The van der Waals surface area contributed by atoms with Gasteiger partial charge < -0.3 is 26.2 Å². The van der Waals surface area contributed by atoms with Gasteiger partial charge in [-0.3, -0.25) is 4.79 Å². The number of aliphatic carboxylic acids is 1. The largest absolute Gasteiger partial charge is 0.480 e. The third-order valence-electron chi connectivity index (χ3n) is 3.21. The van der Waals surface area contributed by atoms with E-state index in [9.17, 15) is 4.79 Å². The van der Waals surface area contributed by atoms with Crippen molar-refractivity contribution in [3.05, 3.63) is 0 Å². The smallest absolute Gasteiger partial charge is 0.451 e. The predicted molar refractivity (Wildman–Crippen MR) is 74.3 cm³/mol. The van der Waals surface area contributed by atoms with E-state index in [1.54, 1.807) is 0 Å². The standard InChI is InChI=1S/C9H19BN2O4.2ClH/c11-9(8(13)14,7-5-12-6-7)3-1-2-4-10(15)16;;/h7,12,15-16H,1-6,11H2,(H,13,14);2*1H. The Kier molecular flexibility index (Phi) is 10.1. The van der Waals surface area contributed by atoms with Gasteiger partial charge in [0.05, 0.1) is 0 Å². The van der Waals surface area contributed by atoms with Crippen LogP contribution in [0.25, 0.3) is 0 Å². The molecule has 0 bridgehead atoms. The van der Waals surface area contributed by atoms with Gasteiger partial charge in [0.2, 0.25) is 0 Å². The predicted octanol–water partition coefficient (Wildman–Crippen LogP) is -0.525. The van der Waals surface area contributed by atoms with Gasteiger partial charge in [0, 0.05) is 19.0 Å². The zero-order valence-electron chi connectivity index (χ0n) is 10.0. The summed E-state index contributed by atoms with van der Waals surface area (Å²) < 4.78 is 0. The summed E-state index contributed by atoms with van der Waals surface area (Å²) in [7, 11) is -1.32. The fourth-order valence-corrected chi connectivity index (χ4v) is 1.88. The highest BCUT2D eigenvalue weighted by molar-refractivity contribution is 6.40. The molecule has 18 heavy (non-hydrogen) atoms. The van der Waals surface area contributed by atoms with Crippen LogP contribution in [-0.2, 0) is 4.79 Å². The molecule has 0 radical (unpaired) electrons. The molecule has 6 N–H and O–H groups in total. The molecule has 108 valence electrons. The molecule has 0 saturated carbocycles. The fraction of sp³-hybridized carbons (Fsp3) is 0.889. The van der Waals surface area contributed by atoms with Gasteiger partial charge in [-0.1, -0.05) is 12.8 Å². The van der Waals surface area contributed by atoms with E-state index >= 15 is 0 Å². The number of rotatable bonds is 7. The molecule has 0 aromatic heterocycles. The lowest BCUT2D eigenvalue weighted by Crippen LogP contribution is -2.64. The number of carbonyl (C=O) groups is 1. The second kappa shape index (κ2) is 8.95. The van der Waals surface area contributed by atoms with Crippen molar-refractivity contribution in [2.45, 2.75) is 31.1 Å². The summed E-state index contributed by atoms with van der Waals surface area (Å²) in [5.41, 5.74) is 4.72. The molecule has 0 amide bonds. The number of nitrogens with one attached hydrogen (secondary N) is 1. The van der Waals surface area contributed by atoms with Gasteiger partial charge in [0.25, 0.3) is 0 Å². The van der Waals surface area contributed by atoms with E-state index < -0.39 is 18.6 Å². The normalized spacial score (nSPS) is 17.7. The Morgan fingerprint density at radius 3 is 2.22 bits per heavy atom. The molecule has 1 fully saturated rings. The molecular weight excluding hydrogens is 282 g/mol. The Labute approximate surface area is 119 Å². The molecule has 1 aliphatic rings. The minimum absolute atomic E-state index is 0. The van der Waals surface area contributed by atoms with Gasteiger partial charge in [0.15, 0.2) is 0 Å². The van der Waals surface area contributed by atoms with Gasteiger partial charge in [-0.25, -0.2) is 0 Å². The molecule has 0 spiro atoms. The van der Waals surface area contributed by atoms with Crippen LogP contribution in [0.1, 0.15) is 19.3 Å². The molecule has 1 heterocycles. The van der Waals surface area contributed by atoms with E-state index in [0.717, 1.165) is 0 Å². The van der Waals surface area contributed by atoms with Crippen LogP contribution in [0.15, 0.2) is 0 Å². The first-order valence-electron chi connectivity index (χ1n) is 5.56. The van der Waals surface area contributed by atoms with Crippen LogP contribution in [0.4, 0.5) is 0 Å². The van der Waals surface area contributed by atoms with E-state index in [1.165, 1.54) is 0 Å². The van der Waals surface area contributed by atoms with Gasteiger partial charge >= 0.3 is 13.1 Å². The molecule has 9 heteroatoms. The number of carboxylic acid groups (broad SMARTS) is 1. The van der Waals surface area contributed by atoms with Crippen molar-refractivity contribution < 1.29 is 19.9 Å². The number of nitrogens with two attached hydrogens (primary N) is 1. The number of unbranched alkanes of at least 4 members (excludes halogenated alkanes) is 1. The average Bonchev–Trinajstić information content (AvgIpc) is 2.09. The zero-order chi connectivity index (χ0) is 12.2. The molecule has 6 nitrogen and oxygen atoms in total. The summed E-state index contributed by atoms with van der Waals surface area (Å²) in [6.07, 6.45) is 1.81. The maximum absolute atomic E-state index is 11.1. The zero-order valence-corrected chi connectivity index (χ0v) is 11.7. The van der Waals surface area contributed by atoms with Crippen molar-refractivity contribution >= 4 is 37.9 Å². The van der Waals surface area contributed by atoms with Gasteiger partial charge in [-0.05, 0) is 12.7 Å². The summed E-state index contributed by atoms with van der Waals surface area (Å²) in [6, 6.07) is 0. The van der Waals surface area contributed by atoms with Crippen LogP contribution >= 0.6 is 24.8 Å². The van der Waals surface area contributed by atoms with E-state index in [1.807, 2.05) is 0 Å². The lowest BCUT2D eigenvalue weighted by molar-refractivity contribution is -0.147. The van der Waals surface area contributed by atoms with Gasteiger partial charge in [-0.2, -0.15) is 0 Å². The average molecular weight is 303 g/mol. The van der Waals surface area contributed by atoms with E-state index in [2.05, 4.69) is 5.32 Å².